The minimum atomic E-state index is 0. The molecule has 2 aliphatic heterocycles. The molecule has 2 aliphatic rings. The molecule has 0 spiro atoms. The molecule has 1 aromatic rings. The molecule has 0 radical (unpaired) electrons. The zero-order valence-electron chi connectivity index (χ0n) is 15.3. The van der Waals surface area contributed by atoms with Crippen molar-refractivity contribution < 1.29 is 9.90 Å². The first-order valence-corrected chi connectivity index (χ1v) is 9.09. The first-order chi connectivity index (χ1) is 11.7. The molecule has 3 N–H and O–H groups in total. The van der Waals surface area contributed by atoms with Crippen LogP contribution >= 0.6 is 24.8 Å². The molecular formula is C19H31Cl2N3O2. The largest absolute Gasteiger partial charge is 0.396 e. The summed E-state index contributed by atoms with van der Waals surface area (Å²) in [5.41, 5.74) is 2.12. The van der Waals surface area contributed by atoms with Gasteiger partial charge < -0.3 is 15.7 Å². The molecule has 148 valence electrons. The van der Waals surface area contributed by atoms with Crippen molar-refractivity contribution in [3.8, 4) is 0 Å². The normalized spacial score (nSPS) is 19.6. The van der Waals surface area contributed by atoms with E-state index in [1.165, 1.54) is 5.56 Å². The SMILES string of the molecule is CC(C(=O)Nc1cccc(CN2CCC(CO)CC2)c1)C1CNC1.Cl.Cl. The second-order valence-electron chi connectivity index (χ2n) is 7.30. The number of piperidine rings is 1. The maximum absolute atomic E-state index is 12.3. The number of likely N-dealkylation sites (tertiary alicyclic amines) is 1. The van der Waals surface area contributed by atoms with Crippen molar-refractivity contribution in [1.29, 1.82) is 0 Å². The number of carbonyl (C=O) groups excluding carboxylic acids is 1. The number of anilines is 1. The Morgan fingerprint density at radius 2 is 2.00 bits per heavy atom. The third-order valence-corrected chi connectivity index (χ3v) is 5.50. The molecule has 0 saturated carbocycles. The minimum Gasteiger partial charge on any atom is -0.396 e. The molecule has 2 fully saturated rings. The van der Waals surface area contributed by atoms with Crippen LogP contribution in [0.2, 0.25) is 0 Å². The first-order valence-electron chi connectivity index (χ1n) is 9.09. The number of hydrogen-bond acceptors (Lipinski definition) is 4. The molecule has 2 heterocycles. The van der Waals surface area contributed by atoms with E-state index in [0.29, 0.717) is 18.4 Å². The topological polar surface area (TPSA) is 64.6 Å². The van der Waals surface area contributed by atoms with Gasteiger partial charge >= 0.3 is 0 Å². The summed E-state index contributed by atoms with van der Waals surface area (Å²) in [6, 6.07) is 8.18. The summed E-state index contributed by atoms with van der Waals surface area (Å²) in [4.78, 5) is 14.8. The monoisotopic (exact) mass is 403 g/mol. The molecular weight excluding hydrogens is 373 g/mol. The molecule has 1 aromatic carbocycles. The van der Waals surface area contributed by atoms with Crippen LogP contribution < -0.4 is 10.6 Å². The van der Waals surface area contributed by atoms with Gasteiger partial charge in [0.1, 0.15) is 0 Å². The van der Waals surface area contributed by atoms with Crippen LogP contribution in [0, 0.1) is 17.8 Å². The Balaban J connectivity index is 0.00000169. The van der Waals surface area contributed by atoms with Gasteiger partial charge in [-0.1, -0.05) is 19.1 Å². The number of nitrogens with zero attached hydrogens (tertiary/aromatic N) is 1. The average molecular weight is 404 g/mol. The molecule has 0 aliphatic carbocycles. The Kier molecular flexibility index (Phi) is 9.90. The van der Waals surface area contributed by atoms with Crippen molar-refractivity contribution in [2.24, 2.45) is 17.8 Å². The number of hydrogen-bond donors (Lipinski definition) is 3. The Morgan fingerprint density at radius 3 is 2.58 bits per heavy atom. The summed E-state index contributed by atoms with van der Waals surface area (Å²) < 4.78 is 0. The van der Waals surface area contributed by atoms with Crippen molar-refractivity contribution in [2.75, 3.05) is 38.1 Å². The van der Waals surface area contributed by atoms with Crippen molar-refractivity contribution >= 4 is 36.4 Å². The fourth-order valence-corrected chi connectivity index (χ4v) is 3.47. The summed E-state index contributed by atoms with van der Waals surface area (Å²) in [5, 5.41) is 15.5. The van der Waals surface area contributed by atoms with Crippen LogP contribution in [0.5, 0.6) is 0 Å². The Labute approximate surface area is 168 Å². The lowest BCUT2D eigenvalue weighted by atomic mass is 9.88. The van der Waals surface area contributed by atoms with E-state index in [4.69, 9.17) is 0 Å². The maximum Gasteiger partial charge on any atom is 0.227 e. The van der Waals surface area contributed by atoms with Crippen LogP contribution in [-0.2, 0) is 11.3 Å². The predicted octanol–water partition coefficient (Wildman–Crippen LogP) is 2.53. The molecule has 7 heteroatoms. The number of aliphatic hydroxyl groups is 1. The van der Waals surface area contributed by atoms with Crippen LogP contribution in [0.1, 0.15) is 25.3 Å². The smallest absolute Gasteiger partial charge is 0.227 e. The molecule has 1 atom stereocenters. The van der Waals surface area contributed by atoms with Gasteiger partial charge in [0.2, 0.25) is 5.91 Å². The van der Waals surface area contributed by atoms with E-state index >= 15 is 0 Å². The molecule has 1 amide bonds. The number of halogens is 2. The van der Waals surface area contributed by atoms with Crippen LogP contribution in [-0.4, -0.2) is 48.7 Å². The molecule has 5 nitrogen and oxygen atoms in total. The summed E-state index contributed by atoms with van der Waals surface area (Å²) in [6.45, 7) is 7.18. The van der Waals surface area contributed by atoms with E-state index in [2.05, 4.69) is 27.7 Å². The van der Waals surface area contributed by atoms with Gasteiger partial charge in [0, 0.05) is 24.8 Å². The Morgan fingerprint density at radius 1 is 1.31 bits per heavy atom. The van der Waals surface area contributed by atoms with E-state index in [1.807, 2.05) is 19.1 Å². The highest BCUT2D eigenvalue weighted by Gasteiger charge is 2.28. The van der Waals surface area contributed by atoms with E-state index in [9.17, 15) is 9.90 Å². The molecule has 3 rings (SSSR count). The average Bonchev–Trinajstić information content (AvgIpc) is 2.54. The second-order valence-corrected chi connectivity index (χ2v) is 7.30. The van der Waals surface area contributed by atoms with Crippen molar-refractivity contribution in [2.45, 2.75) is 26.3 Å². The molecule has 0 aromatic heterocycles. The van der Waals surface area contributed by atoms with Gasteiger partial charge in [0.05, 0.1) is 0 Å². The first kappa shape index (κ1) is 23.2. The number of amides is 1. The van der Waals surface area contributed by atoms with Crippen molar-refractivity contribution in [3.05, 3.63) is 29.8 Å². The van der Waals surface area contributed by atoms with Crippen molar-refractivity contribution in [3.63, 3.8) is 0 Å². The summed E-state index contributed by atoms with van der Waals surface area (Å²) >= 11 is 0. The number of carbonyl (C=O) groups is 1. The van der Waals surface area contributed by atoms with Gasteiger partial charge in [0.25, 0.3) is 0 Å². The Bertz CT molecular complexity index is 561. The predicted molar refractivity (Wildman–Crippen MR) is 110 cm³/mol. The quantitative estimate of drug-likeness (QED) is 0.682. The van der Waals surface area contributed by atoms with E-state index in [-0.39, 0.29) is 36.6 Å². The fraction of sp³-hybridized carbons (Fsp3) is 0.632. The number of nitrogens with one attached hydrogen (secondary N) is 2. The van der Waals surface area contributed by atoms with Crippen LogP contribution in [0.25, 0.3) is 0 Å². The van der Waals surface area contributed by atoms with E-state index < -0.39 is 0 Å². The summed E-state index contributed by atoms with van der Waals surface area (Å²) in [5.74, 6) is 1.09. The number of aliphatic hydroxyl groups excluding tert-OH is 1. The fourth-order valence-electron chi connectivity index (χ4n) is 3.47. The molecule has 2 saturated heterocycles. The highest BCUT2D eigenvalue weighted by atomic mass is 35.5. The molecule has 1 unspecified atom stereocenters. The van der Waals surface area contributed by atoms with Crippen LogP contribution in [0.3, 0.4) is 0 Å². The van der Waals surface area contributed by atoms with Gasteiger partial charge in [0.15, 0.2) is 0 Å². The highest BCUT2D eigenvalue weighted by molar-refractivity contribution is 5.92. The zero-order chi connectivity index (χ0) is 16.9. The lowest BCUT2D eigenvalue weighted by Gasteiger charge is -2.32. The second kappa shape index (κ2) is 11.1. The van der Waals surface area contributed by atoms with Gasteiger partial charge in [-0.05, 0) is 68.6 Å². The van der Waals surface area contributed by atoms with Crippen molar-refractivity contribution in [1.82, 2.24) is 10.2 Å². The molecule has 0 bridgehead atoms. The van der Waals surface area contributed by atoms with E-state index in [1.54, 1.807) is 0 Å². The lowest BCUT2D eigenvalue weighted by Crippen LogP contribution is -2.48. The van der Waals surface area contributed by atoms with Crippen LogP contribution in [0.15, 0.2) is 24.3 Å². The number of benzene rings is 1. The minimum absolute atomic E-state index is 0. The lowest BCUT2D eigenvalue weighted by molar-refractivity contribution is -0.121. The van der Waals surface area contributed by atoms with Gasteiger partial charge in [-0.2, -0.15) is 0 Å². The van der Waals surface area contributed by atoms with E-state index in [0.717, 1.165) is 51.3 Å². The molecule has 26 heavy (non-hydrogen) atoms. The van der Waals surface area contributed by atoms with Crippen LogP contribution in [0.4, 0.5) is 5.69 Å². The maximum atomic E-state index is 12.3. The standard InChI is InChI=1S/C19H29N3O2.2ClH/c1-14(17-10-20-11-17)19(24)21-18-4-2-3-16(9-18)12-22-7-5-15(13-23)6-8-22;;/h2-4,9,14-15,17,20,23H,5-8,10-13H2,1H3,(H,21,24);2*1H. The summed E-state index contributed by atoms with van der Waals surface area (Å²) in [6.07, 6.45) is 2.14. The van der Waals surface area contributed by atoms with Gasteiger partial charge in [-0.15, -0.1) is 24.8 Å². The van der Waals surface area contributed by atoms with Gasteiger partial charge in [-0.25, -0.2) is 0 Å². The third-order valence-electron chi connectivity index (χ3n) is 5.50. The van der Waals surface area contributed by atoms with Gasteiger partial charge in [-0.3, -0.25) is 9.69 Å². The third kappa shape index (κ3) is 6.10. The zero-order valence-corrected chi connectivity index (χ0v) is 17.0. The Hall–Kier alpha value is -0.850. The summed E-state index contributed by atoms with van der Waals surface area (Å²) in [7, 11) is 0. The number of rotatable bonds is 6. The highest BCUT2D eigenvalue weighted by Crippen LogP contribution is 2.21.